The maximum atomic E-state index is 11.8. The SMILES string of the molecule is COC(=O)c1cc(N)ccc1Oc1cc(C#N)ccc1C. The summed E-state index contributed by atoms with van der Waals surface area (Å²) in [4.78, 5) is 11.8. The van der Waals surface area contributed by atoms with Crippen molar-refractivity contribution in [2.45, 2.75) is 6.92 Å². The Labute approximate surface area is 122 Å². The molecule has 0 saturated heterocycles. The highest BCUT2D eigenvalue weighted by molar-refractivity contribution is 5.93. The molecule has 0 aliphatic heterocycles. The zero-order valence-corrected chi connectivity index (χ0v) is 11.7. The molecular formula is C16H14N2O3. The zero-order valence-electron chi connectivity index (χ0n) is 11.7. The Morgan fingerprint density at radius 3 is 2.62 bits per heavy atom. The molecule has 5 heteroatoms. The second-order valence-corrected chi connectivity index (χ2v) is 4.44. The van der Waals surface area contributed by atoms with E-state index in [4.69, 9.17) is 20.5 Å². The quantitative estimate of drug-likeness (QED) is 0.690. The van der Waals surface area contributed by atoms with Crippen molar-refractivity contribution in [2.75, 3.05) is 12.8 Å². The first kappa shape index (κ1) is 14.4. The fourth-order valence-electron chi connectivity index (χ4n) is 1.80. The predicted octanol–water partition coefficient (Wildman–Crippen LogP) is 3.03. The fraction of sp³-hybridized carbons (Fsp3) is 0.125. The molecule has 2 rings (SSSR count). The van der Waals surface area contributed by atoms with Gasteiger partial charge in [0.15, 0.2) is 0 Å². The van der Waals surface area contributed by atoms with Gasteiger partial charge < -0.3 is 15.2 Å². The van der Waals surface area contributed by atoms with Crippen LogP contribution >= 0.6 is 0 Å². The lowest BCUT2D eigenvalue weighted by molar-refractivity contribution is 0.0598. The molecular weight excluding hydrogens is 268 g/mol. The van der Waals surface area contributed by atoms with Gasteiger partial charge in [0, 0.05) is 5.69 Å². The summed E-state index contributed by atoms with van der Waals surface area (Å²) >= 11 is 0. The van der Waals surface area contributed by atoms with Gasteiger partial charge in [-0.3, -0.25) is 0 Å². The average Bonchev–Trinajstić information content (AvgIpc) is 2.50. The van der Waals surface area contributed by atoms with Gasteiger partial charge in [-0.1, -0.05) is 6.07 Å². The first-order valence-electron chi connectivity index (χ1n) is 6.21. The van der Waals surface area contributed by atoms with E-state index in [-0.39, 0.29) is 5.56 Å². The summed E-state index contributed by atoms with van der Waals surface area (Å²) in [6.07, 6.45) is 0. The highest BCUT2D eigenvalue weighted by atomic mass is 16.5. The van der Waals surface area contributed by atoms with Crippen LogP contribution in [0.2, 0.25) is 0 Å². The van der Waals surface area contributed by atoms with Crippen molar-refractivity contribution >= 4 is 11.7 Å². The number of hydrogen-bond donors (Lipinski definition) is 1. The number of nitriles is 1. The minimum absolute atomic E-state index is 0.235. The van der Waals surface area contributed by atoms with Crippen LogP contribution in [0.3, 0.4) is 0 Å². The molecule has 106 valence electrons. The van der Waals surface area contributed by atoms with Gasteiger partial charge in [0.05, 0.1) is 18.7 Å². The molecule has 2 aromatic carbocycles. The number of methoxy groups -OCH3 is 1. The van der Waals surface area contributed by atoms with Crippen molar-refractivity contribution in [3.63, 3.8) is 0 Å². The molecule has 0 amide bonds. The smallest absolute Gasteiger partial charge is 0.341 e. The Balaban J connectivity index is 2.45. The van der Waals surface area contributed by atoms with Crippen LogP contribution in [-0.2, 0) is 4.74 Å². The van der Waals surface area contributed by atoms with Gasteiger partial charge in [0.1, 0.15) is 17.1 Å². The minimum Gasteiger partial charge on any atom is -0.465 e. The number of carbonyl (C=O) groups excluding carboxylic acids is 1. The molecule has 2 N–H and O–H groups in total. The van der Waals surface area contributed by atoms with E-state index in [0.29, 0.717) is 22.7 Å². The highest BCUT2D eigenvalue weighted by Crippen LogP contribution is 2.30. The number of nitrogen functional groups attached to an aromatic ring is 1. The van der Waals surface area contributed by atoms with Crippen LogP contribution in [-0.4, -0.2) is 13.1 Å². The van der Waals surface area contributed by atoms with Gasteiger partial charge in [-0.25, -0.2) is 4.79 Å². The average molecular weight is 282 g/mol. The van der Waals surface area contributed by atoms with Crippen LogP contribution in [0.25, 0.3) is 0 Å². The van der Waals surface area contributed by atoms with E-state index in [2.05, 4.69) is 0 Å². The molecule has 2 aromatic rings. The molecule has 0 bridgehead atoms. The largest absolute Gasteiger partial charge is 0.465 e. The monoisotopic (exact) mass is 282 g/mol. The summed E-state index contributed by atoms with van der Waals surface area (Å²) in [5.74, 6) is 0.296. The van der Waals surface area contributed by atoms with Gasteiger partial charge in [-0.2, -0.15) is 5.26 Å². The van der Waals surface area contributed by atoms with E-state index in [9.17, 15) is 4.79 Å². The summed E-state index contributed by atoms with van der Waals surface area (Å²) in [6.45, 7) is 1.85. The Morgan fingerprint density at radius 2 is 1.95 bits per heavy atom. The second kappa shape index (κ2) is 5.97. The molecule has 0 radical (unpaired) electrons. The lowest BCUT2D eigenvalue weighted by Gasteiger charge is -2.12. The van der Waals surface area contributed by atoms with Crippen LogP contribution in [0.4, 0.5) is 5.69 Å². The van der Waals surface area contributed by atoms with Crippen molar-refractivity contribution in [1.82, 2.24) is 0 Å². The number of nitrogens with two attached hydrogens (primary N) is 1. The molecule has 0 heterocycles. The van der Waals surface area contributed by atoms with E-state index in [1.807, 2.05) is 13.0 Å². The Hall–Kier alpha value is -3.00. The van der Waals surface area contributed by atoms with Gasteiger partial charge >= 0.3 is 5.97 Å². The summed E-state index contributed by atoms with van der Waals surface area (Å²) < 4.78 is 10.5. The summed E-state index contributed by atoms with van der Waals surface area (Å²) in [7, 11) is 1.29. The van der Waals surface area contributed by atoms with Crippen LogP contribution < -0.4 is 10.5 Å². The van der Waals surface area contributed by atoms with E-state index >= 15 is 0 Å². The number of nitrogens with zero attached hydrogens (tertiary/aromatic N) is 1. The summed E-state index contributed by atoms with van der Waals surface area (Å²) in [6, 6.07) is 11.9. The van der Waals surface area contributed by atoms with Crippen molar-refractivity contribution < 1.29 is 14.3 Å². The van der Waals surface area contributed by atoms with Crippen LogP contribution in [0, 0.1) is 18.3 Å². The van der Waals surface area contributed by atoms with Gasteiger partial charge in [0.25, 0.3) is 0 Å². The van der Waals surface area contributed by atoms with Crippen molar-refractivity contribution in [3.8, 4) is 17.6 Å². The van der Waals surface area contributed by atoms with E-state index in [0.717, 1.165) is 5.56 Å². The minimum atomic E-state index is -0.536. The third-order valence-corrected chi connectivity index (χ3v) is 2.95. The predicted molar refractivity (Wildman–Crippen MR) is 78.2 cm³/mol. The number of rotatable bonds is 3. The molecule has 0 saturated carbocycles. The molecule has 0 atom stereocenters. The van der Waals surface area contributed by atoms with E-state index < -0.39 is 5.97 Å². The number of esters is 1. The molecule has 21 heavy (non-hydrogen) atoms. The standard InChI is InChI=1S/C16H14N2O3/c1-10-3-4-11(9-17)7-15(10)21-14-6-5-12(18)8-13(14)16(19)20-2/h3-8H,18H2,1-2H3. The topological polar surface area (TPSA) is 85.3 Å². The first-order valence-corrected chi connectivity index (χ1v) is 6.21. The van der Waals surface area contributed by atoms with Gasteiger partial charge in [-0.15, -0.1) is 0 Å². The summed E-state index contributed by atoms with van der Waals surface area (Å²) in [5.41, 5.74) is 7.68. The van der Waals surface area contributed by atoms with Crippen LogP contribution in [0.15, 0.2) is 36.4 Å². The lowest BCUT2D eigenvalue weighted by atomic mass is 10.1. The van der Waals surface area contributed by atoms with Crippen LogP contribution in [0.1, 0.15) is 21.5 Å². The molecule has 0 aliphatic carbocycles. The van der Waals surface area contributed by atoms with Crippen LogP contribution in [0.5, 0.6) is 11.5 Å². The van der Waals surface area contributed by atoms with Crippen molar-refractivity contribution in [2.24, 2.45) is 0 Å². The zero-order chi connectivity index (χ0) is 15.4. The van der Waals surface area contributed by atoms with Crippen molar-refractivity contribution in [3.05, 3.63) is 53.1 Å². The first-order chi connectivity index (χ1) is 10.0. The normalized spacial score (nSPS) is 9.76. The molecule has 5 nitrogen and oxygen atoms in total. The number of anilines is 1. The van der Waals surface area contributed by atoms with Gasteiger partial charge in [0.2, 0.25) is 0 Å². The maximum Gasteiger partial charge on any atom is 0.341 e. The lowest BCUT2D eigenvalue weighted by Crippen LogP contribution is -2.05. The number of aryl methyl sites for hydroxylation is 1. The number of benzene rings is 2. The van der Waals surface area contributed by atoms with E-state index in [1.165, 1.54) is 13.2 Å². The van der Waals surface area contributed by atoms with Gasteiger partial charge in [-0.05, 0) is 42.8 Å². The fourth-order valence-corrected chi connectivity index (χ4v) is 1.80. The Kier molecular flexibility index (Phi) is 4.10. The molecule has 0 spiro atoms. The number of ether oxygens (including phenoxy) is 2. The number of hydrogen-bond acceptors (Lipinski definition) is 5. The highest BCUT2D eigenvalue weighted by Gasteiger charge is 2.15. The third-order valence-electron chi connectivity index (χ3n) is 2.95. The molecule has 0 aliphatic rings. The Morgan fingerprint density at radius 1 is 1.19 bits per heavy atom. The van der Waals surface area contributed by atoms with Crippen molar-refractivity contribution in [1.29, 1.82) is 5.26 Å². The maximum absolute atomic E-state index is 11.8. The summed E-state index contributed by atoms with van der Waals surface area (Å²) in [5, 5.41) is 8.94. The molecule has 0 aromatic heterocycles. The Bertz CT molecular complexity index is 733. The molecule has 0 unspecified atom stereocenters. The third kappa shape index (κ3) is 3.12. The number of carbonyl (C=O) groups is 1. The van der Waals surface area contributed by atoms with E-state index in [1.54, 1.807) is 30.3 Å². The molecule has 0 fully saturated rings. The second-order valence-electron chi connectivity index (χ2n) is 4.44.